The molecule has 0 saturated carbocycles. The maximum Gasteiger partial charge on any atom is 0.244 e. The zero-order valence-corrected chi connectivity index (χ0v) is 12.4. The van der Waals surface area contributed by atoms with E-state index in [2.05, 4.69) is 5.32 Å². The Bertz CT molecular complexity index is 610. The summed E-state index contributed by atoms with van der Waals surface area (Å²) in [4.78, 5) is 12.7. The number of benzene rings is 1. The molecular weight excluding hydrogens is 289 g/mol. The SMILES string of the molecule is CO[C@@H](CNC(=O)/C=C/c1cccs1)c1cccc(F)c1. The number of carbonyl (C=O) groups excluding carboxylic acids is 1. The predicted octanol–water partition coefficient (Wildman–Crippen LogP) is 3.40. The van der Waals surface area contributed by atoms with Crippen molar-refractivity contribution in [1.82, 2.24) is 5.32 Å². The highest BCUT2D eigenvalue weighted by molar-refractivity contribution is 7.10. The summed E-state index contributed by atoms with van der Waals surface area (Å²) >= 11 is 1.56. The van der Waals surface area contributed by atoms with Crippen molar-refractivity contribution in [2.24, 2.45) is 0 Å². The van der Waals surface area contributed by atoms with Gasteiger partial charge in [-0.3, -0.25) is 4.79 Å². The average molecular weight is 305 g/mol. The molecule has 1 N–H and O–H groups in total. The minimum atomic E-state index is -0.375. The van der Waals surface area contributed by atoms with Gasteiger partial charge in [-0.2, -0.15) is 0 Å². The summed E-state index contributed by atoms with van der Waals surface area (Å²) in [5.41, 5.74) is 0.694. The third kappa shape index (κ3) is 4.81. The minimum Gasteiger partial charge on any atom is -0.375 e. The standard InChI is InChI=1S/C16H16FNO2S/c1-20-15(12-4-2-5-13(17)10-12)11-18-16(19)8-7-14-6-3-9-21-14/h2-10,15H,11H2,1H3,(H,18,19)/b8-7+/t15-/m0/s1. The molecule has 0 aliphatic carbocycles. The Morgan fingerprint density at radius 1 is 1.43 bits per heavy atom. The summed E-state index contributed by atoms with van der Waals surface area (Å²) in [6, 6.07) is 10.0. The summed E-state index contributed by atoms with van der Waals surface area (Å²) < 4.78 is 18.5. The first-order valence-electron chi connectivity index (χ1n) is 6.46. The number of carbonyl (C=O) groups is 1. The van der Waals surface area contributed by atoms with E-state index >= 15 is 0 Å². The van der Waals surface area contributed by atoms with E-state index < -0.39 is 0 Å². The fourth-order valence-electron chi connectivity index (χ4n) is 1.84. The van der Waals surface area contributed by atoms with E-state index in [-0.39, 0.29) is 24.4 Å². The van der Waals surface area contributed by atoms with Crippen LogP contribution in [0.3, 0.4) is 0 Å². The Balaban J connectivity index is 1.89. The first kappa shape index (κ1) is 15.4. The van der Waals surface area contributed by atoms with Gasteiger partial charge < -0.3 is 10.1 Å². The Labute approximate surface area is 127 Å². The third-order valence-electron chi connectivity index (χ3n) is 2.91. The van der Waals surface area contributed by atoms with Gasteiger partial charge in [-0.15, -0.1) is 11.3 Å². The van der Waals surface area contributed by atoms with Crippen LogP contribution in [0.15, 0.2) is 47.9 Å². The molecule has 0 unspecified atom stereocenters. The highest BCUT2D eigenvalue weighted by Crippen LogP contribution is 2.16. The van der Waals surface area contributed by atoms with Gasteiger partial charge >= 0.3 is 0 Å². The Morgan fingerprint density at radius 3 is 2.95 bits per heavy atom. The molecule has 0 aliphatic heterocycles. The third-order valence-corrected chi connectivity index (χ3v) is 3.75. The molecule has 2 aromatic rings. The highest BCUT2D eigenvalue weighted by atomic mass is 32.1. The molecule has 1 heterocycles. The molecule has 1 aromatic carbocycles. The molecule has 1 atom stereocenters. The first-order valence-corrected chi connectivity index (χ1v) is 7.34. The molecule has 0 fully saturated rings. The topological polar surface area (TPSA) is 38.3 Å². The van der Waals surface area contributed by atoms with Crippen molar-refractivity contribution >= 4 is 23.3 Å². The molecule has 0 radical (unpaired) electrons. The number of halogens is 1. The minimum absolute atomic E-state index is 0.207. The van der Waals surface area contributed by atoms with E-state index in [0.717, 1.165) is 4.88 Å². The van der Waals surface area contributed by atoms with Crippen molar-refractivity contribution in [2.75, 3.05) is 13.7 Å². The van der Waals surface area contributed by atoms with Gasteiger partial charge in [0.15, 0.2) is 0 Å². The Hall–Kier alpha value is -1.98. The number of thiophene rings is 1. The zero-order valence-electron chi connectivity index (χ0n) is 11.6. The molecule has 110 valence electrons. The van der Waals surface area contributed by atoms with Gasteiger partial charge in [-0.05, 0) is 35.2 Å². The molecule has 0 spiro atoms. The van der Waals surface area contributed by atoms with E-state index in [1.807, 2.05) is 17.5 Å². The lowest BCUT2D eigenvalue weighted by Gasteiger charge is -2.16. The summed E-state index contributed by atoms with van der Waals surface area (Å²) in [5.74, 6) is -0.527. The largest absolute Gasteiger partial charge is 0.375 e. The first-order chi connectivity index (χ1) is 10.2. The number of methoxy groups -OCH3 is 1. The van der Waals surface area contributed by atoms with Gasteiger partial charge in [0.25, 0.3) is 0 Å². The summed E-state index contributed by atoms with van der Waals surface area (Å²) in [7, 11) is 1.53. The second kappa shape index (κ2) is 7.71. The van der Waals surface area contributed by atoms with Gasteiger partial charge in [-0.1, -0.05) is 18.2 Å². The quantitative estimate of drug-likeness (QED) is 0.831. The van der Waals surface area contributed by atoms with Crippen molar-refractivity contribution in [3.05, 3.63) is 64.1 Å². The van der Waals surface area contributed by atoms with Crippen LogP contribution in [0, 0.1) is 5.82 Å². The predicted molar refractivity (Wildman–Crippen MR) is 82.5 cm³/mol. The normalized spacial score (nSPS) is 12.5. The average Bonchev–Trinajstić information content (AvgIpc) is 2.99. The van der Waals surface area contributed by atoms with E-state index in [0.29, 0.717) is 5.56 Å². The van der Waals surface area contributed by atoms with Crippen LogP contribution in [0.25, 0.3) is 6.08 Å². The van der Waals surface area contributed by atoms with Crippen LogP contribution in [0.5, 0.6) is 0 Å². The van der Waals surface area contributed by atoms with Crippen LogP contribution in [0.2, 0.25) is 0 Å². The number of amides is 1. The Kier molecular flexibility index (Phi) is 5.66. The fraction of sp³-hybridized carbons (Fsp3) is 0.188. The van der Waals surface area contributed by atoms with Crippen molar-refractivity contribution < 1.29 is 13.9 Å². The number of ether oxygens (including phenoxy) is 1. The lowest BCUT2D eigenvalue weighted by Crippen LogP contribution is -2.27. The molecule has 0 aliphatic rings. The van der Waals surface area contributed by atoms with E-state index in [1.165, 1.54) is 25.3 Å². The van der Waals surface area contributed by atoms with E-state index in [1.54, 1.807) is 29.5 Å². The summed E-state index contributed by atoms with van der Waals surface area (Å²) in [6.45, 7) is 0.285. The number of rotatable bonds is 6. The maximum absolute atomic E-state index is 13.2. The smallest absolute Gasteiger partial charge is 0.244 e. The summed E-state index contributed by atoms with van der Waals surface area (Å²) in [6.07, 6.45) is 2.86. The molecule has 2 rings (SSSR count). The van der Waals surface area contributed by atoms with Crippen molar-refractivity contribution in [3.63, 3.8) is 0 Å². The van der Waals surface area contributed by atoms with E-state index in [9.17, 15) is 9.18 Å². The lowest BCUT2D eigenvalue weighted by atomic mass is 10.1. The van der Waals surface area contributed by atoms with Crippen LogP contribution >= 0.6 is 11.3 Å². The number of hydrogen-bond acceptors (Lipinski definition) is 3. The van der Waals surface area contributed by atoms with Crippen molar-refractivity contribution in [1.29, 1.82) is 0 Å². The van der Waals surface area contributed by atoms with Gasteiger partial charge in [0.05, 0.1) is 6.10 Å². The molecule has 5 heteroatoms. The van der Waals surface area contributed by atoms with Gasteiger partial charge in [0, 0.05) is 24.6 Å². The molecular formula is C16H16FNO2S. The van der Waals surface area contributed by atoms with Gasteiger partial charge in [0.2, 0.25) is 5.91 Å². The molecule has 1 amide bonds. The second-order valence-corrected chi connectivity index (χ2v) is 5.35. The zero-order chi connectivity index (χ0) is 15.1. The highest BCUT2D eigenvalue weighted by Gasteiger charge is 2.11. The summed E-state index contributed by atoms with van der Waals surface area (Å²) in [5, 5.41) is 4.69. The second-order valence-electron chi connectivity index (χ2n) is 4.37. The van der Waals surface area contributed by atoms with Crippen molar-refractivity contribution in [2.45, 2.75) is 6.10 Å². The number of hydrogen-bond donors (Lipinski definition) is 1. The van der Waals surface area contributed by atoms with Crippen LogP contribution in [-0.2, 0) is 9.53 Å². The Morgan fingerprint density at radius 2 is 2.29 bits per heavy atom. The van der Waals surface area contributed by atoms with Crippen LogP contribution in [-0.4, -0.2) is 19.6 Å². The maximum atomic E-state index is 13.2. The van der Waals surface area contributed by atoms with Crippen LogP contribution < -0.4 is 5.32 Å². The van der Waals surface area contributed by atoms with E-state index in [4.69, 9.17) is 4.74 Å². The van der Waals surface area contributed by atoms with Crippen LogP contribution in [0.1, 0.15) is 16.5 Å². The van der Waals surface area contributed by atoms with Gasteiger partial charge in [-0.25, -0.2) is 4.39 Å². The van der Waals surface area contributed by atoms with Crippen LogP contribution in [0.4, 0.5) is 4.39 Å². The number of nitrogens with one attached hydrogen (secondary N) is 1. The fourth-order valence-corrected chi connectivity index (χ4v) is 2.46. The molecule has 21 heavy (non-hydrogen) atoms. The molecule has 0 saturated heterocycles. The van der Waals surface area contributed by atoms with Crippen molar-refractivity contribution in [3.8, 4) is 0 Å². The van der Waals surface area contributed by atoms with Gasteiger partial charge in [0.1, 0.15) is 5.82 Å². The lowest BCUT2D eigenvalue weighted by molar-refractivity contribution is -0.117. The molecule has 1 aromatic heterocycles. The monoisotopic (exact) mass is 305 g/mol. The molecule has 3 nitrogen and oxygen atoms in total. The molecule has 0 bridgehead atoms.